The van der Waals surface area contributed by atoms with E-state index in [9.17, 15) is 0 Å². The molecule has 0 spiro atoms. The fourth-order valence-corrected chi connectivity index (χ4v) is 4.78. The third-order valence-electron chi connectivity index (χ3n) is 6.23. The van der Waals surface area contributed by atoms with Gasteiger partial charge in [-0.2, -0.15) is 0 Å². The lowest BCUT2D eigenvalue weighted by atomic mass is 9.87. The molecule has 0 saturated carbocycles. The zero-order valence-corrected chi connectivity index (χ0v) is 14.6. The Morgan fingerprint density at radius 1 is 1.17 bits per heavy atom. The second-order valence-electron chi connectivity index (χ2n) is 8.28. The molecule has 23 heavy (non-hydrogen) atoms. The van der Waals surface area contributed by atoms with Gasteiger partial charge >= 0.3 is 0 Å². The van der Waals surface area contributed by atoms with Crippen LogP contribution < -0.4 is 10.2 Å². The number of rotatable bonds is 4. The third-order valence-corrected chi connectivity index (χ3v) is 6.23. The second-order valence-corrected chi connectivity index (χ2v) is 8.28. The summed E-state index contributed by atoms with van der Waals surface area (Å²) in [6.45, 7) is 11.3. The van der Waals surface area contributed by atoms with E-state index in [1.165, 1.54) is 77.2 Å². The molecule has 2 fully saturated rings. The Balaban J connectivity index is 1.27. The van der Waals surface area contributed by atoms with Crippen molar-refractivity contribution >= 4 is 5.69 Å². The summed E-state index contributed by atoms with van der Waals surface area (Å²) in [7, 11) is 0. The summed E-state index contributed by atoms with van der Waals surface area (Å²) in [4.78, 5) is 5.36. The van der Waals surface area contributed by atoms with Crippen molar-refractivity contribution in [3.05, 3.63) is 29.8 Å². The van der Waals surface area contributed by atoms with E-state index < -0.39 is 0 Å². The Kier molecular flexibility index (Phi) is 4.33. The highest BCUT2D eigenvalue weighted by atomic mass is 15.2. The first-order valence-corrected chi connectivity index (χ1v) is 9.48. The van der Waals surface area contributed by atoms with Crippen LogP contribution in [0.5, 0.6) is 0 Å². The molecular weight excluding hydrogens is 282 g/mol. The Labute approximate surface area is 141 Å². The van der Waals surface area contributed by atoms with Crippen molar-refractivity contribution in [1.82, 2.24) is 10.2 Å². The van der Waals surface area contributed by atoms with Gasteiger partial charge in [-0.1, -0.05) is 25.1 Å². The largest absolute Gasteiger partial charge is 0.371 e. The molecule has 1 unspecified atom stereocenters. The maximum absolute atomic E-state index is 3.54. The summed E-state index contributed by atoms with van der Waals surface area (Å²) >= 11 is 0. The average Bonchev–Trinajstić information content (AvgIpc) is 3.17. The fourth-order valence-electron chi connectivity index (χ4n) is 4.78. The predicted molar refractivity (Wildman–Crippen MR) is 97.1 cm³/mol. The zero-order valence-electron chi connectivity index (χ0n) is 14.6. The SMILES string of the molecule is CC1(CN2CCC(CN3CCc4ccccc43)CC2)CCNC1. The number of piperidine rings is 1. The van der Waals surface area contributed by atoms with E-state index in [4.69, 9.17) is 0 Å². The molecule has 3 aliphatic heterocycles. The Hall–Kier alpha value is -1.06. The first-order chi connectivity index (χ1) is 11.2. The molecule has 0 radical (unpaired) electrons. The van der Waals surface area contributed by atoms with E-state index in [0.29, 0.717) is 5.41 Å². The summed E-state index contributed by atoms with van der Waals surface area (Å²) in [5.41, 5.74) is 3.56. The molecule has 1 aromatic rings. The van der Waals surface area contributed by atoms with Crippen LogP contribution in [-0.2, 0) is 6.42 Å². The van der Waals surface area contributed by atoms with Crippen LogP contribution in [0.15, 0.2) is 24.3 Å². The van der Waals surface area contributed by atoms with Gasteiger partial charge in [-0.15, -0.1) is 0 Å². The summed E-state index contributed by atoms with van der Waals surface area (Å²) in [6, 6.07) is 8.98. The number of nitrogens with one attached hydrogen (secondary N) is 1. The molecule has 0 bridgehead atoms. The van der Waals surface area contributed by atoms with E-state index in [-0.39, 0.29) is 0 Å². The van der Waals surface area contributed by atoms with Crippen LogP contribution in [0.3, 0.4) is 0 Å². The van der Waals surface area contributed by atoms with Gasteiger partial charge in [0.1, 0.15) is 0 Å². The van der Waals surface area contributed by atoms with E-state index in [0.717, 1.165) is 5.92 Å². The average molecular weight is 313 g/mol. The van der Waals surface area contributed by atoms with E-state index in [2.05, 4.69) is 46.3 Å². The lowest BCUT2D eigenvalue weighted by molar-refractivity contribution is 0.130. The monoisotopic (exact) mass is 313 g/mol. The highest BCUT2D eigenvalue weighted by Gasteiger charge is 2.32. The maximum atomic E-state index is 3.54. The number of hydrogen-bond acceptors (Lipinski definition) is 3. The molecule has 1 N–H and O–H groups in total. The van der Waals surface area contributed by atoms with Gasteiger partial charge < -0.3 is 15.1 Å². The number of fused-ring (bicyclic) bond motifs is 1. The van der Waals surface area contributed by atoms with Crippen molar-refractivity contribution in [2.75, 3.05) is 50.7 Å². The Morgan fingerprint density at radius 2 is 2.00 bits per heavy atom. The zero-order chi connectivity index (χ0) is 15.7. The highest BCUT2D eigenvalue weighted by Crippen LogP contribution is 2.31. The number of benzene rings is 1. The standard InChI is InChI=1S/C20H31N3/c1-20(9-10-21-15-20)16-22-11-6-17(7-12-22)14-23-13-8-18-4-2-3-5-19(18)23/h2-5,17,21H,6-16H2,1H3. The minimum Gasteiger partial charge on any atom is -0.371 e. The lowest BCUT2D eigenvalue weighted by Gasteiger charge is -2.38. The van der Waals surface area contributed by atoms with Crippen LogP contribution >= 0.6 is 0 Å². The van der Waals surface area contributed by atoms with Gasteiger partial charge in [-0.05, 0) is 68.3 Å². The normalized spacial score (nSPS) is 29.2. The number of likely N-dealkylation sites (tertiary alicyclic amines) is 1. The van der Waals surface area contributed by atoms with Gasteiger partial charge in [0.2, 0.25) is 0 Å². The topological polar surface area (TPSA) is 18.5 Å². The molecule has 3 heteroatoms. The maximum Gasteiger partial charge on any atom is 0.0399 e. The van der Waals surface area contributed by atoms with E-state index in [1.807, 2.05) is 0 Å². The molecule has 126 valence electrons. The third kappa shape index (κ3) is 3.41. The molecule has 0 aliphatic carbocycles. The van der Waals surface area contributed by atoms with Crippen molar-refractivity contribution < 1.29 is 0 Å². The molecule has 0 aromatic heterocycles. The fraction of sp³-hybridized carbons (Fsp3) is 0.700. The Bertz CT molecular complexity index is 527. The van der Waals surface area contributed by atoms with Crippen molar-refractivity contribution in [1.29, 1.82) is 0 Å². The van der Waals surface area contributed by atoms with Crippen LogP contribution in [0.2, 0.25) is 0 Å². The van der Waals surface area contributed by atoms with Gasteiger partial charge in [0.15, 0.2) is 0 Å². The number of hydrogen-bond donors (Lipinski definition) is 1. The molecular formula is C20H31N3. The molecule has 1 aromatic carbocycles. The molecule has 3 heterocycles. The summed E-state index contributed by atoms with van der Waals surface area (Å²) in [6.07, 6.45) is 5.34. The Morgan fingerprint density at radius 3 is 2.78 bits per heavy atom. The van der Waals surface area contributed by atoms with Crippen LogP contribution in [0.4, 0.5) is 5.69 Å². The predicted octanol–water partition coefficient (Wildman–Crippen LogP) is 2.76. The van der Waals surface area contributed by atoms with Gasteiger partial charge in [0, 0.05) is 31.9 Å². The van der Waals surface area contributed by atoms with E-state index >= 15 is 0 Å². The molecule has 0 amide bonds. The molecule has 4 rings (SSSR count). The van der Waals surface area contributed by atoms with Crippen LogP contribution in [0, 0.1) is 11.3 Å². The van der Waals surface area contributed by atoms with Crippen LogP contribution in [-0.4, -0.2) is 50.7 Å². The molecule has 1 atom stereocenters. The summed E-state index contributed by atoms with van der Waals surface area (Å²) in [5, 5.41) is 3.54. The highest BCUT2D eigenvalue weighted by molar-refractivity contribution is 5.57. The first-order valence-electron chi connectivity index (χ1n) is 9.48. The van der Waals surface area contributed by atoms with Crippen molar-refractivity contribution in [2.24, 2.45) is 11.3 Å². The summed E-state index contributed by atoms with van der Waals surface area (Å²) < 4.78 is 0. The lowest BCUT2D eigenvalue weighted by Crippen LogP contribution is -2.43. The number of para-hydroxylation sites is 1. The number of nitrogens with zero attached hydrogens (tertiary/aromatic N) is 2. The molecule has 2 saturated heterocycles. The van der Waals surface area contributed by atoms with Gasteiger partial charge in [-0.25, -0.2) is 0 Å². The van der Waals surface area contributed by atoms with Gasteiger partial charge in [0.05, 0.1) is 0 Å². The quantitative estimate of drug-likeness (QED) is 0.922. The minimum atomic E-state index is 0.515. The van der Waals surface area contributed by atoms with E-state index in [1.54, 1.807) is 5.56 Å². The number of anilines is 1. The second kappa shape index (κ2) is 6.45. The van der Waals surface area contributed by atoms with Crippen LogP contribution in [0.1, 0.15) is 31.7 Å². The molecule has 3 nitrogen and oxygen atoms in total. The van der Waals surface area contributed by atoms with Crippen LogP contribution in [0.25, 0.3) is 0 Å². The molecule has 3 aliphatic rings. The van der Waals surface area contributed by atoms with Crippen molar-refractivity contribution in [2.45, 2.75) is 32.6 Å². The smallest absolute Gasteiger partial charge is 0.0399 e. The minimum absolute atomic E-state index is 0.515. The van der Waals surface area contributed by atoms with Gasteiger partial charge in [-0.3, -0.25) is 0 Å². The van der Waals surface area contributed by atoms with Crippen molar-refractivity contribution in [3.8, 4) is 0 Å². The first kappa shape index (κ1) is 15.5. The van der Waals surface area contributed by atoms with Crippen molar-refractivity contribution in [3.63, 3.8) is 0 Å². The summed E-state index contributed by atoms with van der Waals surface area (Å²) in [5.74, 6) is 0.881. The van der Waals surface area contributed by atoms with Gasteiger partial charge in [0.25, 0.3) is 0 Å².